The minimum absolute atomic E-state index is 0.0324. The summed E-state index contributed by atoms with van der Waals surface area (Å²) in [5, 5.41) is 11.7. The largest absolute Gasteiger partial charge is 0.395 e. The zero-order chi connectivity index (χ0) is 12.4. The Balaban J connectivity index is 2.12. The van der Waals surface area contributed by atoms with Crippen LogP contribution in [-0.2, 0) is 11.2 Å². The number of hydrogen-bond donors (Lipinski definition) is 3. The number of likely N-dealkylation sites (N-methyl/N-ethyl adjacent to an activating group) is 1. The van der Waals surface area contributed by atoms with Gasteiger partial charge in [-0.3, -0.25) is 4.79 Å². The molecule has 4 N–H and O–H groups in total. The highest BCUT2D eigenvalue weighted by Gasteiger charge is 2.18. The molecule has 5 heteroatoms. The predicted octanol–water partition coefficient (Wildman–Crippen LogP) is -0.0630. The van der Waals surface area contributed by atoms with Crippen molar-refractivity contribution >= 4 is 17.3 Å². The van der Waals surface area contributed by atoms with Crippen LogP contribution in [-0.4, -0.2) is 37.3 Å². The van der Waals surface area contributed by atoms with E-state index < -0.39 is 0 Å². The van der Waals surface area contributed by atoms with E-state index in [-0.39, 0.29) is 18.6 Å². The second kappa shape index (κ2) is 4.73. The SMILES string of the molecule is CN(CC(N)CO)c1ccc2c(c1)CC(=O)N2. The summed E-state index contributed by atoms with van der Waals surface area (Å²) >= 11 is 0. The number of benzene rings is 1. The summed E-state index contributed by atoms with van der Waals surface area (Å²) in [4.78, 5) is 13.2. The molecule has 1 heterocycles. The molecule has 1 aliphatic rings. The van der Waals surface area contributed by atoms with Crippen molar-refractivity contribution in [2.45, 2.75) is 12.5 Å². The standard InChI is InChI=1S/C12H17N3O2/c1-15(6-9(13)7-16)10-2-3-11-8(4-10)5-12(17)14-11/h2-4,9,16H,5-7,13H2,1H3,(H,14,17). The number of hydrogen-bond acceptors (Lipinski definition) is 4. The first-order chi connectivity index (χ1) is 8.10. The molecule has 1 atom stereocenters. The Morgan fingerprint density at radius 2 is 2.35 bits per heavy atom. The van der Waals surface area contributed by atoms with Gasteiger partial charge in [-0.2, -0.15) is 0 Å². The molecule has 1 aromatic rings. The highest BCUT2D eigenvalue weighted by molar-refractivity contribution is 5.99. The summed E-state index contributed by atoms with van der Waals surface area (Å²) < 4.78 is 0. The molecule has 1 aromatic carbocycles. The highest BCUT2D eigenvalue weighted by Crippen LogP contribution is 2.27. The van der Waals surface area contributed by atoms with E-state index in [0.717, 1.165) is 16.9 Å². The molecule has 0 aromatic heterocycles. The molecule has 0 spiro atoms. The lowest BCUT2D eigenvalue weighted by molar-refractivity contribution is -0.115. The average molecular weight is 235 g/mol. The van der Waals surface area contributed by atoms with Gasteiger partial charge in [0.15, 0.2) is 0 Å². The number of carbonyl (C=O) groups excluding carboxylic acids is 1. The van der Waals surface area contributed by atoms with Crippen molar-refractivity contribution in [2.24, 2.45) is 5.73 Å². The molecule has 1 aliphatic heterocycles. The van der Waals surface area contributed by atoms with E-state index in [1.807, 2.05) is 30.1 Å². The van der Waals surface area contributed by atoms with Gasteiger partial charge in [0.05, 0.1) is 13.0 Å². The van der Waals surface area contributed by atoms with Crippen molar-refractivity contribution in [1.29, 1.82) is 0 Å². The normalized spacial score (nSPS) is 15.4. The van der Waals surface area contributed by atoms with E-state index in [4.69, 9.17) is 10.8 Å². The Morgan fingerprint density at radius 1 is 1.59 bits per heavy atom. The Kier molecular flexibility index (Phi) is 3.31. The van der Waals surface area contributed by atoms with Crippen LogP contribution in [0.1, 0.15) is 5.56 Å². The van der Waals surface area contributed by atoms with Crippen LogP contribution in [0.15, 0.2) is 18.2 Å². The first-order valence-electron chi connectivity index (χ1n) is 5.60. The van der Waals surface area contributed by atoms with Crippen LogP contribution in [0.25, 0.3) is 0 Å². The second-order valence-electron chi connectivity index (χ2n) is 4.39. The zero-order valence-corrected chi connectivity index (χ0v) is 9.81. The molecule has 2 rings (SSSR count). The zero-order valence-electron chi connectivity index (χ0n) is 9.81. The Labute approximate surface area is 100 Å². The maximum Gasteiger partial charge on any atom is 0.228 e. The number of aliphatic hydroxyl groups excluding tert-OH is 1. The lowest BCUT2D eigenvalue weighted by Gasteiger charge is -2.22. The summed E-state index contributed by atoms with van der Waals surface area (Å²) in [5.41, 5.74) is 8.59. The number of aliphatic hydroxyl groups is 1. The highest BCUT2D eigenvalue weighted by atomic mass is 16.3. The Morgan fingerprint density at radius 3 is 3.06 bits per heavy atom. The lowest BCUT2D eigenvalue weighted by atomic mass is 10.1. The van der Waals surface area contributed by atoms with Crippen LogP contribution in [0.2, 0.25) is 0 Å². The predicted molar refractivity (Wildman–Crippen MR) is 67.1 cm³/mol. The summed E-state index contributed by atoms with van der Waals surface area (Å²) in [5.74, 6) is 0.0341. The van der Waals surface area contributed by atoms with Gasteiger partial charge in [-0.1, -0.05) is 0 Å². The van der Waals surface area contributed by atoms with Gasteiger partial charge < -0.3 is 21.1 Å². The first kappa shape index (κ1) is 11.9. The number of nitrogens with zero attached hydrogens (tertiary/aromatic N) is 1. The van der Waals surface area contributed by atoms with Crippen molar-refractivity contribution in [3.8, 4) is 0 Å². The maximum absolute atomic E-state index is 11.2. The van der Waals surface area contributed by atoms with Crippen molar-refractivity contribution in [2.75, 3.05) is 30.4 Å². The molecule has 0 radical (unpaired) electrons. The minimum Gasteiger partial charge on any atom is -0.395 e. The van der Waals surface area contributed by atoms with E-state index in [9.17, 15) is 4.79 Å². The third-order valence-electron chi connectivity index (χ3n) is 2.90. The van der Waals surface area contributed by atoms with Gasteiger partial charge in [0.25, 0.3) is 0 Å². The fourth-order valence-electron chi connectivity index (χ4n) is 1.97. The fourth-order valence-corrected chi connectivity index (χ4v) is 1.97. The van der Waals surface area contributed by atoms with Crippen LogP contribution < -0.4 is 16.0 Å². The quantitative estimate of drug-likeness (QED) is 0.683. The van der Waals surface area contributed by atoms with Crippen LogP contribution in [0.5, 0.6) is 0 Å². The summed E-state index contributed by atoms with van der Waals surface area (Å²) in [6.45, 7) is 0.548. The number of fused-ring (bicyclic) bond motifs is 1. The maximum atomic E-state index is 11.2. The van der Waals surface area contributed by atoms with Gasteiger partial charge in [-0.05, 0) is 23.8 Å². The summed E-state index contributed by atoms with van der Waals surface area (Å²) in [6, 6.07) is 5.57. The van der Waals surface area contributed by atoms with Gasteiger partial charge in [0, 0.05) is 31.0 Å². The van der Waals surface area contributed by atoms with E-state index in [0.29, 0.717) is 13.0 Å². The number of rotatable bonds is 4. The third kappa shape index (κ3) is 2.57. The van der Waals surface area contributed by atoms with Gasteiger partial charge in [0.2, 0.25) is 5.91 Å². The topological polar surface area (TPSA) is 78.6 Å². The summed E-state index contributed by atoms with van der Waals surface area (Å²) in [7, 11) is 1.92. The van der Waals surface area contributed by atoms with E-state index in [1.165, 1.54) is 0 Å². The van der Waals surface area contributed by atoms with E-state index >= 15 is 0 Å². The van der Waals surface area contributed by atoms with Crippen molar-refractivity contribution in [3.63, 3.8) is 0 Å². The lowest BCUT2D eigenvalue weighted by Crippen LogP contribution is -2.37. The molecule has 0 fully saturated rings. The number of nitrogens with two attached hydrogens (primary N) is 1. The monoisotopic (exact) mass is 235 g/mol. The number of anilines is 2. The molecule has 5 nitrogen and oxygen atoms in total. The Hall–Kier alpha value is -1.59. The fraction of sp³-hybridized carbons (Fsp3) is 0.417. The molecule has 92 valence electrons. The smallest absolute Gasteiger partial charge is 0.228 e. The number of carbonyl (C=O) groups is 1. The first-order valence-corrected chi connectivity index (χ1v) is 5.60. The van der Waals surface area contributed by atoms with Gasteiger partial charge in [-0.15, -0.1) is 0 Å². The van der Waals surface area contributed by atoms with Crippen molar-refractivity contribution < 1.29 is 9.90 Å². The molecule has 17 heavy (non-hydrogen) atoms. The molecule has 0 aliphatic carbocycles. The van der Waals surface area contributed by atoms with Gasteiger partial charge in [-0.25, -0.2) is 0 Å². The van der Waals surface area contributed by atoms with Gasteiger partial charge in [0.1, 0.15) is 0 Å². The Bertz CT molecular complexity index is 434. The number of amides is 1. The molecular weight excluding hydrogens is 218 g/mol. The number of nitrogens with one attached hydrogen (secondary N) is 1. The molecule has 0 saturated heterocycles. The molecule has 1 unspecified atom stereocenters. The molecule has 1 amide bonds. The third-order valence-corrected chi connectivity index (χ3v) is 2.90. The van der Waals surface area contributed by atoms with E-state index in [1.54, 1.807) is 0 Å². The molecule has 0 saturated carbocycles. The van der Waals surface area contributed by atoms with Crippen LogP contribution in [0.4, 0.5) is 11.4 Å². The minimum atomic E-state index is -0.256. The molecular formula is C12H17N3O2. The van der Waals surface area contributed by atoms with Crippen molar-refractivity contribution in [3.05, 3.63) is 23.8 Å². The molecule has 0 bridgehead atoms. The van der Waals surface area contributed by atoms with Gasteiger partial charge >= 0.3 is 0 Å². The average Bonchev–Trinajstić information content (AvgIpc) is 2.67. The summed E-state index contributed by atoms with van der Waals surface area (Å²) in [6.07, 6.45) is 0.434. The van der Waals surface area contributed by atoms with Crippen LogP contribution in [0, 0.1) is 0 Å². The van der Waals surface area contributed by atoms with Crippen LogP contribution in [0.3, 0.4) is 0 Å². The van der Waals surface area contributed by atoms with E-state index in [2.05, 4.69) is 5.32 Å². The second-order valence-corrected chi connectivity index (χ2v) is 4.39. The van der Waals surface area contributed by atoms with Crippen molar-refractivity contribution in [1.82, 2.24) is 0 Å². The van der Waals surface area contributed by atoms with Crippen LogP contribution >= 0.6 is 0 Å².